The van der Waals surface area contributed by atoms with Gasteiger partial charge in [0.05, 0.1) is 6.10 Å². The van der Waals surface area contributed by atoms with Crippen LogP contribution in [0.1, 0.15) is 6.42 Å². The number of halogens is 1. The molecular weight excluding hydrogens is 232 g/mol. The molecule has 0 fully saturated rings. The Balaban J connectivity index is 3.34. The molecule has 80 valence electrons. The third-order valence-electron chi connectivity index (χ3n) is 1.85. The van der Waals surface area contributed by atoms with Gasteiger partial charge in [-0.3, -0.25) is 0 Å². The molecule has 0 rings (SSSR count). The molecular formula is C9H21BrN2O. The van der Waals surface area contributed by atoms with E-state index < -0.39 is 0 Å². The molecule has 0 aliphatic rings. The summed E-state index contributed by atoms with van der Waals surface area (Å²) in [5.41, 5.74) is 0. The number of alkyl halides is 1. The van der Waals surface area contributed by atoms with Crippen LogP contribution in [-0.2, 0) is 0 Å². The topological polar surface area (TPSA) is 26.7 Å². The van der Waals surface area contributed by atoms with Gasteiger partial charge in [0.2, 0.25) is 0 Å². The van der Waals surface area contributed by atoms with Crippen molar-refractivity contribution in [2.45, 2.75) is 12.5 Å². The number of nitrogens with zero attached hydrogens (tertiary/aromatic N) is 2. The van der Waals surface area contributed by atoms with Gasteiger partial charge in [0, 0.05) is 11.9 Å². The Morgan fingerprint density at radius 1 is 1.23 bits per heavy atom. The lowest BCUT2D eigenvalue weighted by Crippen LogP contribution is -2.32. The highest BCUT2D eigenvalue weighted by molar-refractivity contribution is 9.09. The predicted octanol–water partition coefficient (Wildman–Crippen LogP) is 0.626. The molecule has 0 aliphatic heterocycles. The van der Waals surface area contributed by atoms with E-state index in [1.165, 1.54) is 0 Å². The van der Waals surface area contributed by atoms with Crippen LogP contribution in [0.2, 0.25) is 0 Å². The Hall–Kier alpha value is 0.360. The van der Waals surface area contributed by atoms with Crippen LogP contribution < -0.4 is 0 Å². The van der Waals surface area contributed by atoms with Gasteiger partial charge >= 0.3 is 0 Å². The monoisotopic (exact) mass is 252 g/mol. The Morgan fingerprint density at radius 3 is 2.31 bits per heavy atom. The Kier molecular flexibility index (Phi) is 7.95. The van der Waals surface area contributed by atoms with E-state index in [1.54, 1.807) is 0 Å². The number of aliphatic hydroxyl groups excluding tert-OH is 1. The van der Waals surface area contributed by atoms with E-state index in [1.807, 2.05) is 7.05 Å². The Morgan fingerprint density at radius 2 is 1.85 bits per heavy atom. The molecule has 0 aromatic heterocycles. The molecule has 3 nitrogen and oxygen atoms in total. The first-order chi connectivity index (χ1) is 6.06. The molecule has 1 atom stereocenters. The van der Waals surface area contributed by atoms with Crippen molar-refractivity contribution < 1.29 is 5.11 Å². The number of rotatable bonds is 7. The standard InChI is InChI=1S/C9H21BrN2O/c1-11(2)5-4-6-12(3)8-9(13)7-10/h9,13H,4-8H2,1-3H3. The van der Waals surface area contributed by atoms with Gasteiger partial charge in [-0.25, -0.2) is 0 Å². The maximum atomic E-state index is 9.34. The van der Waals surface area contributed by atoms with Crippen LogP contribution in [0.4, 0.5) is 0 Å². The Bertz CT molecular complexity index is 122. The summed E-state index contributed by atoms with van der Waals surface area (Å²) in [5.74, 6) is 0. The van der Waals surface area contributed by atoms with Crippen molar-refractivity contribution in [3.8, 4) is 0 Å². The highest BCUT2D eigenvalue weighted by atomic mass is 79.9. The van der Waals surface area contributed by atoms with E-state index in [-0.39, 0.29) is 6.10 Å². The minimum Gasteiger partial charge on any atom is -0.391 e. The molecule has 0 spiro atoms. The van der Waals surface area contributed by atoms with E-state index in [9.17, 15) is 5.11 Å². The molecule has 0 aromatic rings. The predicted molar refractivity (Wildman–Crippen MR) is 60.5 cm³/mol. The van der Waals surface area contributed by atoms with Crippen molar-refractivity contribution in [2.24, 2.45) is 0 Å². The van der Waals surface area contributed by atoms with Crippen molar-refractivity contribution in [1.29, 1.82) is 0 Å². The van der Waals surface area contributed by atoms with Gasteiger partial charge in [-0.1, -0.05) is 15.9 Å². The van der Waals surface area contributed by atoms with Crippen LogP contribution in [0.5, 0.6) is 0 Å². The van der Waals surface area contributed by atoms with E-state index >= 15 is 0 Å². The minimum absolute atomic E-state index is 0.246. The molecule has 0 radical (unpaired) electrons. The summed E-state index contributed by atoms with van der Waals surface area (Å²) in [7, 11) is 6.20. The summed E-state index contributed by atoms with van der Waals surface area (Å²) in [6, 6.07) is 0. The zero-order chi connectivity index (χ0) is 10.3. The summed E-state index contributed by atoms with van der Waals surface area (Å²) < 4.78 is 0. The molecule has 0 heterocycles. The fourth-order valence-corrected chi connectivity index (χ4v) is 1.36. The molecule has 4 heteroatoms. The van der Waals surface area contributed by atoms with Gasteiger partial charge in [0.15, 0.2) is 0 Å². The molecule has 0 saturated heterocycles. The molecule has 0 bridgehead atoms. The lowest BCUT2D eigenvalue weighted by atomic mass is 10.3. The number of aliphatic hydroxyl groups is 1. The molecule has 1 unspecified atom stereocenters. The summed E-state index contributed by atoms with van der Waals surface area (Å²) >= 11 is 3.25. The largest absolute Gasteiger partial charge is 0.391 e. The molecule has 0 amide bonds. The van der Waals surface area contributed by atoms with Gasteiger partial charge < -0.3 is 14.9 Å². The van der Waals surface area contributed by atoms with E-state index in [2.05, 4.69) is 39.8 Å². The summed E-state index contributed by atoms with van der Waals surface area (Å²) in [4.78, 5) is 4.34. The summed E-state index contributed by atoms with van der Waals surface area (Å²) in [6.45, 7) is 2.90. The minimum atomic E-state index is -0.246. The van der Waals surface area contributed by atoms with Crippen molar-refractivity contribution in [2.75, 3.05) is 46.1 Å². The van der Waals surface area contributed by atoms with Crippen LogP contribution in [0.15, 0.2) is 0 Å². The number of likely N-dealkylation sites (N-methyl/N-ethyl adjacent to an activating group) is 1. The van der Waals surface area contributed by atoms with E-state index in [0.29, 0.717) is 5.33 Å². The molecule has 1 N–H and O–H groups in total. The lowest BCUT2D eigenvalue weighted by molar-refractivity contribution is 0.144. The average Bonchev–Trinajstić information content (AvgIpc) is 2.03. The van der Waals surface area contributed by atoms with Crippen molar-refractivity contribution in [3.63, 3.8) is 0 Å². The zero-order valence-corrected chi connectivity index (χ0v) is 10.4. The van der Waals surface area contributed by atoms with Crippen LogP contribution in [0, 0.1) is 0 Å². The third kappa shape index (κ3) is 8.68. The summed E-state index contributed by atoms with van der Waals surface area (Å²) in [5, 5.41) is 10.00. The first kappa shape index (κ1) is 13.4. The fourth-order valence-electron chi connectivity index (χ4n) is 1.16. The molecule has 0 aromatic carbocycles. The van der Waals surface area contributed by atoms with Crippen LogP contribution in [0.25, 0.3) is 0 Å². The Labute approximate surface area is 89.8 Å². The second kappa shape index (κ2) is 7.74. The number of hydrogen-bond acceptors (Lipinski definition) is 3. The first-order valence-corrected chi connectivity index (χ1v) is 5.75. The van der Waals surface area contributed by atoms with Crippen LogP contribution in [0.3, 0.4) is 0 Å². The van der Waals surface area contributed by atoms with Crippen molar-refractivity contribution in [3.05, 3.63) is 0 Å². The number of hydrogen-bond donors (Lipinski definition) is 1. The molecule has 0 saturated carbocycles. The molecule has 0 aliphatic carbocycles. The van der Waals surface area contributed by atoms with Gasteiger partial charge in [-0.15, -0.1) is 0 Å². The van der Waals surface area contributed by atoms with Gasteiger partial charge in [0.25, 0.3) is 0 Å². The maximum Gasteiger partial charge on any atom is 0.0763 e. The second-order valence-corrected chi connectivity index (χ2v) is 4.37. The fraction of sp³-hybridized carbons (Fsp3) is 1.00. The maximum absolute atomic E-state index is 9.34. The smallest absolute Gasteiger partial charge is 0.0763 e. The normalized spacial score (nSPS) is 14.1. The molecule has 13 heavy (non-hydrogen) atoms. The SMILES string of the molecule is CN(C)CCCN(C)CC(O)CBr. The van der Waals surface area contributed by atoms with Crippen molar-refractivity contribution in [1.82, 2.24) is 9.80 Å². The van der Waals surface area contributed by atoms with Crippen molar-refractivity contribution >= 4 is 15.9 Å². The average molecular weight is 253 g/mol. The highest BCUT2D eigenvalue weighted by Crippen LogP contribution is 1.95. The van der Waals surface area contributed by atoms with E-state index in [0.717, 1.165) is 26.1 Å². The van der Waals surface area contributed by atoms with E-state index in [4.69, 9.17) is 0 Å². The van der Waals surface area contributed by atoms with Gasteiger partial charge in [-0.05, 0) is 40.7 Å². The quantitative estimate of drug-likeness (QED) is 0.674. The van der Waals surface area contributed by atoms with Gasteiger partial charge in [-0.2, -0.15) is 0 Å². The second-order valence-electron chi connectivity index (χ2n) is 3.73. The summed E-state index contributed by atoms with van der Waals surface area (Å²) in [6.07, 6.45) is 0.905. The third-order valence-corrected chi connectivity index (χ3v) is 2.59. The lowest BCUT2D eigenvalue weighted by Gasteiger charge is -2.20. The van der Waals surface area contributed by atoms with Gasteiger partial charge in [0.1, 0.15) is 0 Å². The van der Waals surface area contributed by atoms with Crippen LogP contribution in [-0.4, -0.2) is 67.1 Å². The first-order valence-electron chi connectivity index (χ1n) is 4.63. The zero-order valence-electron chi connectivity index (χ0n) is 8.83. The highest BCUT2D eigenvalue weighted by Gasteiger charge is 2.05. The van der Waals surface area contributed by atoms with Crippen LogP contribution >= 0.6 is 15.9 Å².